The van der Waals surface area contributed by atoms with E-state index in [0.29, 0.717) is 0 Å². The third-order valence-corrected chi connectivity index (χ3v) is 3.60. The molecule has 0 saturated heterocycles. The van der Waals surface area contributed by atoms with Gasteiger partial charge in [0.25, 0.3) is 0 Å². The lowest BCUT2D eigenvalue weighted by atomic mass is 10.1. The Balaban J connectivity index is 1.97. The van der Waals surface area contributed by atoms with E-state index in [1.807, 2.05) is 0 Å². The minimum atomic E-state index is 0.994. The number of likely N-dealkylation sites (N-methyl/N-ethyl adjacent to an activating group) is 1. The molecule has 1 aliphatic heterocycles. The summed E-state index contributed by atoms with van der Waals surface area (Å²) in [5, 5.41) is 0. The van der Waals surface area contributed by atoms with Gasteiger partial charge in [-0.15, -0.1) is 0 Å². The quantitative estimate of drug-likeness (QED) is 0.414. The van der Waals surface area contributed by atoms with Gasteiger partial charge >= 0.3 is 0 Å². The van der Waals surface area contributed by atoms with Crippen molar-refractivity contribution in [3.8, 4) is 0 Å². The van der Waals surface area contributed by atoms with Crippen LogP contribution in [0.4, 0.5) is 0 Å². The van der Waals surface area contributed by atoms with E-state index in [-0.39, 0.29) is 0 Å². The Hall–Kier alpha value is -0.790. The van der Waals surface area contributed by atoms with Crippen LogP contribution >= 0.6 is 0 Å². The summed E-state index contributed by atoms with van der Waals surface area (Å²) in [6.07, 6.45) is 15.2. The van der Waals surface area contributed by atoms with Gasteiger partial charge in [0.15, 0.2) is 0 Å². The number of aliphatic imine (C=N–C) groups is 1. The van der Waals surface area contributed by atoms with Gasteiger partial charge in [-0.2, -0.15) is 0 Å². The van der Waals surface area contributed by atoms with Gasteiger partial charge in [-0.1, -0.05) is 51.2 Å². The molecule has 0 unspecified atom stereocenters. The maximum atomic E-state index is 4.55. The van der Waals surface area contributed by atoms with Gasteiger partial charge in [0.2, 0.25) is 0 Å². The van der Waals surface area contributed by atoms with Gasteiger partial charge in [0.1, 0.15) is 5.84 Å². The number of rotatable bonds is 10. The highest BCUT2D eigenvalue weighted by molar-refractivity contribution is 5.84. The predicted octanol–water partition coefficient (Wildman–Crippen LogP) is 4.42. The second-order valence-electron chi connectivity index (χ2n) is 5.11. The minimum Gasteiger partial charge on any atom is -0.359 e. The first kappa shape index (κ1) is 15.3. The van der Waals surface area contributed by atoms with Gasteiger partial charge in [-0.05, 0) is 19.8 Å². The molecule has 0 aromatic rings. The summed E-state index contributed by atoms with van der Waals surface area (Å²) in [5.74, 6) is 1.29. The van der Waals surface area contributed by atoms with Crippen LogP contribution in [0, 0.1) is 0 Å². The van der Waals surface area contributed by atoms with Gasteiger partial charge in [-0.25, -0.2) is 0 Å². The maximum Gasteiger partial charge on any atom is 0.103 e. The molecule has 0 aliphatic carbocycles. The number of allylic oxidation sites excluding steroid dienone is 1. The molecule has 1 heterocycles. The zero-order valence-electron chi connectivity index (χ0n) is 12.3. The van der Waals surface area contributed by atoms with Crippen molar-refractivity contribution < 1.29 is 0 Å². The molecule has 0 aromatic heterocycles. The van der Waals surface area contributed by atoms with E-state index in [1.54, 1.807) is 0 Å². The average molecular weight is 250 g/mol. The van der Waals surface area contributed by atoms with Crippen molar-refractivity contribution in [2.45, 2.75) is 65.2 Å². The highest BCUT2D eigenvalue weighted by atomic mass is 15.2. The zero-order valence-corrected chi connectivity index (χ0v) is 12.3. The molecule has 0 fully saturated rings. The lowest BCUT2D eigenvalue weighted by molar-refractivity contribution is 0.478. The summed E-state index contributed by atoms with van der Waals surface area (Å²) in [6, 6.07) is 0. The molecule has 2 heteroatoms. The number of hydrogen-bond acceptors (Lipinski definition) is 2. The summed E-state index contributed by atoms with van der Waals surface area (Å²) >= 11 is 0. The third kappa shape index (κ3) is 6.23. The van der Waals surface area contributed by atoms with Crippen LogP contribution < -0.4 is 0 Å². The van der Waals surface area contributed by atoms with Crippen LogP contribution in [-0.4, -0.2) is 30.4 Å². The highest BCUT2D eigenvalue weighted by Gasteiger charge is 2.12. The van der Waals surface area contributed by atoms with E-state index < -0.39 is 0 Å². The lowest BCUT2D eigenvalue weighted by Crippen LogP contribution is -2.26. The normalized spacial score (nSPS) is 15.7. The van der Waals surface area contributed by atoms with Crippen molar-refractivity contribution in [2.75, 3.05) is 19.6 Å². The largest absolute Gasteiger partial charge is 0.359 e. The first-order chi connectivity index (χ1) is 8.88. The van der Waals surface area contributed by atoms with Crippen LogP contribution in [0.5, 0.6) is 0 Å². The van der Waals surface area contributed by atoms with Crippen LogP contribution in [0.2, 0.25) is 0 Å². The summed E-state index contributed by atoms with van der Waals surface area (Å²) in [6.45, 7) is 7.70. The summed E-state index contributed by atoms with van der Waals surface area (Å²) in [7, 11) is 0. The smallest absolute Gasteiger partial charge is 0.103 e. The molecule has 0 bridgehead atoms. The van der Waals surface area contributed by atoms with E-state index in [0.717, 1.165) is 26.1 Å². The SMILES string of the molecule is CCCCCCCCC=CCC1=NCCN1CC. The second-order valence-corrected chi connectivity index (χ2v) is 5.11. The molecule has 0 atom stereocenters. The molecule has 1 rings (SSSR count). The minimum absolute atomic E-state index is 0.994. The van der Waals surface area contributed by atoms with E-state index in [4.69, 9.17) is 0 Å². The molecule has 1 aliphatic rings. The van der Waals surface area contributed by atoms with Crippen molar-refractivity contribution in [3.05, 3.63) is 12.2 Å². The topological polar surface area (TPSA) is 15.6 Å². The summed E-state index contributed by atoms with van der Waals surface area (Å²) < 4.78 is 0. The van der Waals surface area contributed by atoms with Crippen molar-refractivity contribution in [2.24, 2.45) is 4.99 Å². The standard InChI is InChI=1S/C16H30N2/c1-3-5-6-7-8-9-10-11-12-13-16-17-14-15-18(16)4-2/h11-12H,3-10,13-15H2,1-2H3. The first-order valence-corrected chi connectivity index (χ1v) is 7.81. The number of hydrogen-bond donors (Lipinski definition) is 0. The molecule has 0 N–H and O–H groups in total. The number of nitrogens with zero attached hydrogens (tertiary/aromatic N) is 2. The fraction of sp³-hybridized carbons (Fsp3) is 0.812. The average Bonchev–Trinajstić information content (AvgIpc) is 2.84. The van der Waals surface area contributed by atoms with Crippen molar-refractivity contribution in [1.82, 2.24) is 4.90 Å². The van der Waals surface area contributed by atoms with Crippen molar-refractivity contribution in [3.63, 3.8) is 0 Å². The molecule has 18 heavy (non-hydrogen) atoms. The van der Waals surface area contributed by atoms with Crippen molar-refractivity contribution in [1.29, 1.82) is 0 Å². The van der Waals surface area contributed by atoms with Crippen LogP contribution in [0.3, 0.4) is 0 Å². The molecule has 2 nitrogen and oxygen atoms in total. The van der Waals surface area contributed by atoms with E-state index >= 15 is 0 Å². The van der Waals surface area contributed by atoms with Crippen LogP contribution in [0.1, 0.15) is 65.2 Å². The molecule has 104 valence electrons. The van der Waals surface area contributed by atoms with E-state index in [9.17, 15) is 0 Å². The van der Waals surface area contributed by atoms with Gasteiger partial charge in [0, 0.05) is 19.5 Å². The molecule has 0 aromatic carbocycles. The third-order valence-electron chi connectivity index (χ3n) is 3.60. The maximum absolute atomic E-state index is 4.55. The fourth-order valence-electron chi connectivity index (χ4n) is 2.41. The van der Waals surface area contributed by atoms with Crippen molar-refractivity contribution >= 4 is 5.84 Å². The molecule has 0 spiro atoms. The molecule has 0 amide bonds. The fourth-order valence-corrected chi connectivity index (χ4v) is 2.41. The van der Waals surface area contributed by atoms with Gasteiger partial charge < -0.3 is 4.90 Å². The summed E-state index contributed by atoms with van der Waals surface area (Å²) in [5.41, 5.74) is 0. The Kier molecular flexibility index (Phi) is 8.62. The van der Waals surface area contributed by atoms with Crippen LogP contribution in [-0.2, 0) is 0 Å². The monoisotopic (exact) mass is 250 g/mol. The first-order valence-electron chi connectivity index (χ1n) is 7.81. The van der Waals surface area contributed by atoms with Gasteiger partial charge in [-0.3, -0.25) is 4.99 Å². The Morgan fingerprint density at radius 2 is 1.83 bits per heavy atom. The Bertz CT molecular complexity index is 256. The Morgan fingerprint density at radius 3 is 2.61 bits per heavy atom. The van der Waals surface area contributed by atoms with Gasteiger partial charge in [0.05, 0.1) is 6.54 Å². The molecular formula is C16H30N2. The molecular weight excluding hydrogens is 220 g/mol. The molecule has 0 radical (unpaired) electrons. The Morgan fingerprint density at radius 1 is 1.06 bits per heavy atom. The number of amidine groups is 1. The number of unbranched alkanes of at least 4 members (excludes halogenated alkanes) is 6. The molecule has 0 saturated carbocycles. The Labute approximate surface area is 113 Å². The van der Waals surface area contributed by atoms with E-state index in [2.05, 4.69) is 35.9 Å². The van der Waals surface area contributed by atoms with E-state index in [1.165, 1.54) is 50.8 Å². The second kappa shape index (κ2) is 10.2. The summed E-state index contributed by atoms with van der Waals surface area (Å²) in [4.78, 5) is 6.93. The van der Waals surface area contributed by atoms with Crippen LogP contribution in [0.15, 0.2) is 17.1 Å². The van der Waals surface area contributed by atoms with Crippen LogP contribution in [0.25, 0.3) is 0 Å². The highest BCUT2D eigenvalue weighted by Crippen LogP contribution is 2.08. The zero-order chi connectivity index (χ0) is 13.1. The predicted molar refractivity (Wildman–Crippen MR) is 81.3 cm³/mol. The lowest BCUT2D eigenvalue weighted by Gasteiger charge is -2.16.